The molecule has 168 valence electrons. The van der Waals surface area contributed by atoms with Gasteiger partial charge in [0.05, 0.1) is 18.5 Å². The molecule has 0 unspecified atom stereocenters. The Morgan fingerprint density at radius 1 is 1.09 bits per heavy atom. The summed E-state index contributed by atoms with van der Waals surface area (Å²) in [7, 11) is 1.68. The molecule has 0 atom stereocenters. The van der Waals surface area contributed by atoms with Crippen molar-refractivity contribution in [3.05, 3.63) is 54.6 Å². The van der Waals surface area contributed by atoms with Gasteiger partial charge in [0.15, 0.2) is 0 Å². The fraction of sp³-hybridized carbons (Fsp3) is 0.400. The Labute approximate surface area is 188 Å². The van der Waals surface area contributed by atoms with E-state index in [-0.39, 0.29) is 12.0 Å². The highest BCUT2D eigenvalue weighted by molar-refractivity contribution is 5.81. The summed E-state index contributed by atoms with van der Waals surface area (Å²) in [5, 5.41) is 0. The molecule has 1 fully saturated rings. The van der Waals surface area contributed by atoms with E-state index < -0.39 is 5.60 Å². The lowest BCUT2D eigenvalue weighted by molar-refractivity contribution is 0.0203. The molecule has 1 N–H and O–H groups in total. The smallest absolute Gasteiger partial charge is 0.410 e. The highest BCUT2D eigenvalue weighted by Gasteiger charge is 2.30. The van der Waals surface area contributed by atoms with Crippen molar-refractivity contribution in [1.82, 2.24) is 19.9 Å². The van der Waals surface area contributed by atoms with Crippen LogP contribution >= 0.6 is 0 Å². The van der Waals surface area contributed by atoms with Gasteiger partial charge < -0.3 is 19.4 Å². The van der Waals surface area contributed by atoms with Gasteiger partial charge in [-0.1, -0.05) is 12.1 Å². The van der Waals surface area contributed by atoms with Crippen LogP contribution in [0.15, 0.2) is 48.8 Å². The van der Waals surface area contributed by atoms with Crippen molar-refractivity contribution in [3.63, 3.8) is 0 Å². The molecule has 3 aromatic rings. The number of amides is 1. The zero-order valence-electron chi connectivity index (χ0n) is 19.1. The minimum Gasteiger partial charge on any atom is -0.496 e. The summed E-state index contributed by atoms with van der Waals surface area (Å²) in [6, 6.07) is 11.9. The number of rotatable bonds is 4. The molecule has 1 aromatic carbocycles. The number of hydrogen-bond acceptors (Lipinski definition) is 5. The van der Waals surface area contributed by atoms with Gasteiger partial charge in [-0.05, 0) is 57.9 Å². The third kappa shape index (κ3) is 4.77. The number of aromatic amines is 1. The van der Waals surface area contributed by atoms with E-state index in [0.717, 1.165) is 46.9 Å². The zero-order valence-corrected chi connectivity index (χ0v) is 19.1. The number of likely N-dealkylation sites (tertiary alicyclic amines) is 1. The molecule has 1 saturated heterocycles. The van der Waals surface area contributed by atoms with Crippen LogP contribution in [0.25, 0.3) is 22.5 Å². The maximum atomic E-state index is 12.4. The van der Waals surface area contributed by atoms with E-state index in [2.05, 4.69) is 9.97 Å². The number of ether oxygens (including phenoxy) is 2. The molecule has 7 heteroatoms. The SMILES string of the molecule is COc1ccccc1-c1[nH]c(C2CCN(C(=O)OC(C)(C)C)CC2)nc1-c1ccncc1. The minimum atomic E-state index is -0.488. The largest absolute Gasteiger partial charge is 0.496 e. The van der Waals surface area contributed by atoms with Crippen LogP contribution in [-0.4, -0.2) is 51.7 Å². The fourth-order valence-electron chi connectivity index (χ4n) is 4.01. The van der Waals surface area contributed by atoms with Gasteiger partial charge in [-0.15, -0.1) is 0 Å². The Hall–Kier alpha value is -3.35. The van der Waals surface area contributed by atoms with Crippen molar-refractivity contribution in [3.8, 4) is 28.3 Å². The predicted octanol–water partition coefficient (Wildman–Crippen LogP) is 5.26. The van der Waals surface area contributed by atoms with Crippen LogP contribution in [0.5, 0.6) is 5.75 Å². The number of piperidine rings is 1. The Bertz CT molecular complexity index is 1060. The van der Waals surface area contributed by atoms with E-state index in [1.54, 1.807) is 24.4 Å². The van der Waals surface area contributed by atoms with Crippen molar-refractivity contribution < 1.29 is 14.3 Å². The highest BCUT2D eigenvalue weighted by Crippen LogP contribution is 2.38. The summed E-state index contributed by atoms with van der Waals surface area (Å²) in [5.74, 6) is 1.96. The van der Waals surface area contributed by atoms with E-state index in [1.165, 1.54) is 0 Å². The molecule has 1 amide bonds. The predicted molar refractivity (Wildman–Crippen MR) is 124 cm³/mol. The molecular weight excluding hydrogens is 404 g/mol. The summed E-state index contributed by atoms with van der Waals surface area (Å²) in [6.07, 6.45) is 4.95. The highest BCUT2D eigenvalue weighted by atomic mass is 16.6. The van der Waals surface area contributed by atoms with Crippen molar-refractivity contribution in [2.24, 2.45) is 0 Å². The van der Waals surface area contributed by atoms with Gasteiger partial charge in [-0.25, -0.2) is 9.78 Å². The molecule has 0 aliphatic carbocycles. The first-order valence-electron chi connectivity index (χ1n) is 11.0. The number of carbonyl (C=O) groups is 1. The standard InChI is InChI=1S/C25H30N4O3/c1-25(2,3)32-24(30)29-15-11-18(12-16-29)23-27-21(17-9-13-26-14-10-17)22(28-23)19-7-5-6-8-20(19)31-4/h5-10,13-14,18H,11-12,15-16H2,1-4H3,(H,27,28). The maximum Gasteiger partial charge on any atom is 0.410 e. The Balaban J connectivity index is 1.61. The summed E-state index contributed by atoms with van der Waals surface area (Å²) in [6.45, 7) is 6.96. The topological polar surface area (TPSA) is 80.3 Å². The number of nitrogens with zero attached hydrogens (tertiary/aromatic N) is 3. The van der Waals surface area contributed by atoms with Gasteiger partial charge in [0.2, 0.25) is 0 Å². The van der Waals surface area contributed by atoms with E-state index >= 15 is 0 Å². The summed E-state index contributed by atoms with van der Waals surface area (Å²) >= 11 is 0. The number of imidazole rings is 1. The lowest BCUT2D eigenvalue weighted by Crippen LogP contribution is -2.41. The van der Waals surface area contributed by atoms with Crippen molar-refractivity contribution in [1.29, 1.82) is 0 Å². The zero-order chi connectivity index (χ0) is 22.7. The average Bonchev–Trinajstić information content (AvgIpc) is 3.24. The van der Waals surface area contributed by atoms with Gasteiger partial charge in [-0.3, -0.25) is 4.98 Å². The van der Waals surface area contributed by atoms with Crippen molar-refractivity contribution in [2.45, 2.75) is 45.1 Å². The Morgan fingerprint density at radius 2 is 1.78 bits per heavy atom. The molecule has 2 aromatic heterocycles. The van der Waals surface area contributed by atoms with Gasteiger partial charge in [0.25, 0.3) is 0 Å². The first-order valence-corrected chi connectivity index (χ1v) is 11.0. The number of methoxy groups -OCH3 is 1. The average molecular weight is 435 g/mol. The van der Waals surface area contributed by atoms with Gasteiger partial charge in [-0.2, -0.15) is 0 Å². The molecule has 0 saturated carbocycles. The van der Waals surface area contributed by atoms with Crippen LogP contribution in [0.2, 0.25) is 0 Å². The second-order valence-electron chi connectivity index (χ2n) is 9.02. The van der Waals surface area contributed by atoms with Gasteiger partial charge in [0.1, 0.15) is 17.2 Å². The van der Waals surface area contributed by atoms with Crippen LogP contribution in [0, 0.1) is 0 Å². The van der Waals surface area contributed by atoms with Crippen LogP contribution in [-0.2, 0) is 4.74 Å². The lowest BCUT2D eigenvalue weighted by Gasteiger charge is -2.32. The minimum absolute atomic E-state index is 0.234. The quantitative estimate of drug-likeness (QED) is 0.606. The molecule has 1 aliphatic rings. The first-order chi connectivity index (χ1) is 15.4. The maximum absolute atomic E-state index is 12.4. The molecule has 1 aliphatic heterocycles. The molecule has 0 bridgehead atoms. The van der Waals surface area contributed by atoms with Crippen LogP contribution in [0.1, 0.15) is 45.4 Å². The molecule has 3 heterocycles. The summed E-state index contributed by atoms with van der Waals surface area (Å²) in [4.78, 5) is 26.9. The number of aromatic nitrogens is 3. The van der Waals surface area contributed by atoms with E-state index in [9.17, 15) is 4.79 Å². The van der Waals surface area contributed by atoms with Crippen LogP contribution in [0.4, 0.5) is 4.79 Å². The van der Waals surface area contributed by atoms with Crippen LogP contribution < -0.4 is 4.74 Å². The van der Waals surface area contributed by atoms with Crippen LogP contribution in [0.3, 0.4) is 0 Å². The number of carbonyl (C=O) groups excluding carboxylic acids is 1. The summed E-state index contributed by atoms with van der Waals surface area (Å²) in [5.41, 5.74) is 3.28. The van der Waals surface area contributed by atoms with E-state index in [4.69, 9.17) is 14.5 Å². The second kappa shape index (κ2) is 9.02. The molecule has 0 spiro atoms. The monoisotopic (exact) mass is 434 g/mol. The molecule has 0 radical (unpaired) electrons. The molecule has 7 nitrogen and oxygen atoms in total. The number of pyridine rings is 1. The Morgan fingerprint density at radius 3 is 2.44 bits per heavy atom. The Kier molecular flexibility index (Phi) is 6.17. The molecule has 4 rings (SSSR count). The number of hydrogen-bond donors (Lipinski definition) is 1. The van der Waals surface area contributed by atoms with E-state index in [0.29, 0.717) is 13.1 Å². The second-order valence-corrected chi connectivity index (χ2v) is 9.02. The summed E-state index contributed by atoms with van der Waals surface area (Å²) < 4.78 is 11.1. The fourth-order valence-corrected chi connectivity index (χ4v) is 4.01. The van der Waals surface area contributed by atoms with Gasteiger partial charge >= 0.3 is 6.09 Å². The number of para-hydroxylation sites is 1. The third-order valence-electron chi connectivity index (χ3n) is 5.59. The van der Waals surface area contributed by atoms with Gasteiger partial charge in [0, 0.05) is 42.5 Å². The molecular formula is C25H30N4O3. The van der Waals surface area contributed by atoms with Crippen molar-refractivity contribution >= 4 is 6.09 Å². The third-order valence-corrected chi connectivity index (χ3v) is 5.59. The number of H-pyrrole nitrogens is 1. The number of nitrogens with one attached hydrogen (secondary N) is 1. The van der Waals surface area contributed by atoms with E-state index in [1.807, 2.05) is 57.2 Å². The lowest BCUT2D eigenvalue weighted by atomic mass is 9.96. The number of benzene rings is 1. The van der Waals surface area contributed by atoms with Crippen molar-refractivity contribution in [2.75, 3.05) is 20.2 Å². The normalized spacial score (nSPS) is 14.9. The first kappa shape index (κ1) is 21.9. The molecule has 32 heavy (non-hydrogen) atoms.